The van der Waals surface area contributed by atoms with Crippen LogP contribution in [0.25, 0.3) is 0 Å². The molecule has 18 heavy (non-hydrogen) atoms. The first-order valence-corrected chi connectivity index (χ1v) is 6.25. The maximum atomic E-state index is 5.66. The number of hydrogen-bond donors (Lipinski definition) is 2. The fraction of sp³-hybridized carbons (Fsp3) is 0.154. The van der Waals surface area contributed by atoms with Crippen LogP contribution < -0.4 is 16.0 Å². The third-order valence-corrected chi connectivity index (χ3v) is 3.41. The molecule has 1 aromatic carbocycles. The van der Waals surface area contributed by atoms with Crippen molar-refractivity contribution in [1.82, 2.24) is 10.4 Å². The van der Waals surface area contributed by atoms with Crippen LogP contribution in [0.2, 0.25) is 0 Å². The Morgan fingerprint density at radius 1 is 1.33 bits per heavy atom. The van der Waals surface area contributed by atoms with Crippen molar-refractivity contribution in [3.05, 3.63) is 58.3 Å². The van der Waals surface area contributed by atoms with Gasteiger partial charge in [0.05, 0.1) is 19.3 Å². The molecule has 2 rings (SSSR count). The summed E-state index contributed by atoms with van der Waals surface area (Å²) in [6.07, 6.45) is 3.43. The van der Waals surface area contributed by atoms with Crippen molar-refractivity contribution in [2.45, 2.75) is 6.04 Å². The molecular formula is C13H14BrN3O. The highest BCUT2D eigenvalue weighted by atomic mass is 79.9. The number of benzene rings is 1. The van der Waals surface area contributed by atoms with Crippen molar-refractivity contribution < 1.29 is 4.74 Å². The van der Waals surface area contributed by atoms with Gasteiger partial charge in [0.2, 0.25) is 0 Å². The first-order valence-electron chi connectivity index (χ1n) is 5.45. The number of ether oxygens (including phenoxy) is 1. The Morgan fingerprint density at radius 2 is 2.11 bits per heavy atom. The van der Waals surface area contributed by atoms with E-state index < -0.39 is 0 Å². The summed E-state index contributed by atoms with van der Waals surface area (Å²) < 4.78 is 6.17. The molecular weight excluding hydrogens is 294 g/mol. The zero-order valence-corrected chi connectivity index (χ0v) is 11.5. The maximum absolute atomic E-state index is 5.66. The molecule has 0 aliphatic carbocycles. The molecule has 0 saturated heterocycles. The highest BCUT2D eigenvalue weighted by Crippen LogP contribution is 2.28. The Hall–Kier alpha value is -1.43. The topological polar surface area (TPSA) is 60.2 Å². The SMILES string of the molecule is COc1cncc(C(NN)c2ccccc2Br)c1. The number of hydrogen-bond acceptors (Lipinski definition) is 4. The van der Waals surface area contributed by atoms with E-state index in [1.807, 2.05) is 30.3 Å². The highest BCUT2D eigenvalue weighted by Gasteiger charge is 2.15. The summed E-state index contributed by atoms with van der Waals surface area (Å²) >= 11 is 3.52. The smallest absolute Gasteiger partial charge is 0.137 e. The largest absolute Gasteiger partial charge is 0.495 e. The average Bonchev–Trinajstić information content (AvgIpc) is 2.42. The molecule has 0 saturated carbocycles. The molecule has 0 amide bonds. The molecule has 0 bridgehead atoms. The second-order valence-corrected chi connectivity index (χ2v) is 4.63. The zero-order valence-electron chi connectivity index (χ0n) is 9.93. The number of aromatic nitrogens is 1. The van der Waals surface area contributed by atoms with E-state index in [1.165, 1.54) is 0 Å². The number of hydrazine groups is 1. The predicted octanol–water partition coefficient (Wildman–Crippen LogP) is 2.41. The van der Waals surface area contributed by atoms with E-state index in [4.69, 9.17) is 10.6 Å². The molecule has 1 heterocycles. The number of pyridine rings is 1. The molecule has 94 valence electrons. The summed E-state index contributed by atoms with van der Waals surface area (Å²) in [5, 5.41) is 0. The van der Waals surface area contributed by atoms with Gasteiger partial charge in [-0.3, -0.25) is 10.8 Å². The molecule has 2 aromatic rings. The van der Waals surface area contributed by atoms with Crippen LogP contribution in [0.15, 0.2) is 47.2 Å². The summed E-state index contributed by atoms with van der Waals surface area (Å²) in [6.45, 7) is 0. The van der Waals surface area contributed by atoms with Crippen molar-refractivity contribution in [2.75, 3.05) is 7.11 Å². The van der Waals surface area contributed by atoms with Crippen LogP contribution in [0.3, 0.4) is 0 Å². The normalized spacial score (nSPS) is 12.2. The molecule has 1 aromatic heterocycles. The van der Waals surface area contributed by atoms with Gasteiger partial charge in [-0.25, -0.2) is 5.43 Å². The van der Waals surface area contributed by atoms with E-state index in [9.17, 15) is 0 Å². The third kappa shape index (κ3) is 2.69. The van der Waals surface area contributed by atoms with Crippen LogP contribution in [-0.4, -0.2) is 12.1 Å². The molecule has 0 spiro atoms. The Balaban J connectivity index is 2.42. The number of methoxy groups -OCH3 is 1. The lowest BCUT2D eigenvalue weighted by molar-refractivity contribution is 0.411. The number of nitrogens with two attached hydrogens (primary N) is 1. The van der Waals surface area contributed by atoms with Crippen LogP contribution in [-0.2, 0) is 0 Å². The van der Waals surface area contributed by atoms with Crippen LogP contribution in [0.1, 0.15) is 17.2 Å². The first kappa shape index (κ1) is 13.0. The minimum atomic E-state index is -0.136. The highest BCUT2D eigenvalue weighted by molar-refractivity contribution is 9.10. The third-order valence-electron chi connectivity index (χ3n) is 2.69. The Bertz CT molecular complexity index is 533. The number of nitrogens with zero attached hydrogens (tertiary/aromatic N) is 1. The van der Waals surface area contributed by atoms with Gasteiger partial charge in [-0.05, 0) is 23.3 Å². The first-order chi connectivity index (χ1) is 8.76. The Kier molecular flexibility index (Phi) is 4.30. The second-order valence-electron chi connectivity index (χ2n) is 3.78. The minimum absolute atomic E-state index is 0.136. The zero-order chi connectivity index (χ0) is 13.0. The lowest BCUT2D eigenvalue weighted by Gasteiger charge is -2.18. The fourth-order valence-corrected chi connectivity index (χ4v) is 2.29. The van der Waals surface area contributed by atoms with E-state index in [-0.39, 0.29) is 6.04 Å². The summed E-state index contributed by atoms with van der Waals surface area (Å²) in [4.78, 5) is 4.14. The lowest BCUT2D eigenvalue weighted by atomic mass is 10.0. The van der Waals surface area contributed by atoms with Gasteiger partial charge in [0.15, 0.2) is 0 Å². The van der Waals surface area contributed by atoms with Crippen LogP contribution >= 0.6 is 15.9 Å². The van der Waals surface area contributed by atoms with Crippen LogP contribution in [0.5, 0.6) is 5.75 Å². The standard InChI is InChI=1S/C13H14BrN3O/c1-18-10-6-9(7-16-8-10)13(17-15)11-4-2-3-5-12(11)14/h2-8,13,17H,15H2,1H3. The van der Waals surface area contributed by atoms with Gasteiger partial charge in [0.25, 0.3) is 0 Å². The summed E-state index contributed by atoms with van der Waals surface area (Å²) in [5.41, 5.74) is 4.80. The molecule has 0 aliphatic rings. The number of rotatable bonds is 4. The molecule has 0 radical (unpaired) electrons. The lowest BCUT2D eigenvalue weighted by Crippen LogP contribution is -2.29. The van der Waals surface area contributed by atoms with Crippen LogP contribution in [0, 0.1) is 0 Å². The van der Waals surface area contributed by atoms with Gasteiger partial charge in [0, 0.05) is 10.7 Å². The number of nitrogens with one attached hydrogen (secondary N) is 1. The molecule has 0 aliphatic heterocycles. The quantitative estimate of drug-likeness (QED) is 0.672. The minimum Gasteiger partial charge on any atom is -0.495 e. The van der Waals surface area contributed by atoms with Gasteiger partial charge < -0.3 is 4.74 Å². The van der Waals surface area contributed by atoms with Gasteiger partial charge in [-0.1, -0.05) is 34.1 Å². The van der Waals surface area contributed by atoms with Crippen molar-refractivity contribution >= 4 is 15.9 Å². The van der Waals surface area contributed by atoms with Crippen LogP contribution in [0.4, 0.5) is 0 Å². The fourth-order valence-electron chi connectivity index (χ4n) is 1.78. The van der Waals surface area contributed by atoms with Gasteiger partial charge in [-0.15, -0.1) is 0 Å². The van der Waals surface area contributed by atoms with E-state index >= 15 is 0 Å². The Labute approximate surface area is 114 Å². The van der Waals surface area contributed by atoms with Crippen molar-refractivity contribution in [2.24, 2.45) is 5.84 Å². The molecule has 0 fully saturated rings. The summed E-state index contributed by atoms with van der Waals surface area (Å²) in [7, 11) is 1.62. The van der Waals surface area contributed by atoms with Crippen molar-refractivity contribution in [3.63, 3.8) is 0 Å². The molecule has 4 nitrogen and oxygen atoms in total. The van der Waals surface area contributed by atoms with Crippen molar-refractivity contribution in [3.8, 4) is 5.75 Å². The average molecular weight is 308 g/mol. The van der Waals surface area contributed by atoms with E-state index in [0.29, 0.717) is 5.75 Å². The summed E-state index contributed by atoms with van der Waals surface area (Å²) in [5.74, 6) is 6.37. The molecule has 1 atom stereocenters. The maximum Gasteiger partial charge on any atom is 0.137 e. The molecule has 3 N–H and O–H groups in total. The summed E-state index contributed by atoms with van der Waals surface area (Å²) in [6, 6.07) is 9.70. The number of halogens is 1. The van der Waals surface area contributed by atoms with Gasteiger partial charge in [-0.2, -0.15) is 0 Å². The van der Waals surface area contributed by atoms with Crippen molar-refractivity contribution in [1.29, 1.82) is 0 Å². The van der Waals surface area contributed by atoms with Gasteiger partial charge >= 0.3 is 0 Å². The predicted molar refractivity (Wildman–Crippen MR) is 74.1 cm³/mol. The monoisotopic (exact) mass is 307 g/mol. The molecule has 5 heteroatoms. The van der Waals surface area contributed by atoms with Gasteiger partial charge in [0.1, 0.15) is 5.75 Å². The second kappa shape index (κ2) is 5.95. The van der Waals surface area contributed by atoms with E-state index in [2.05, 4.69) is 26.3 Å². The van der Waals surface area contributed by atoms with E-state index in [0.717, 1.165) is 15.6 Å². The molecule has 1 unspecified atom stereocenters. The Morgan fingerprint density at radius 3 is 2.78 bits per heavy atom. The van der Waals surface area contributed by atoms with E-state index in [1.54, 1.807) is 19.5 Å².